The zero-order valence-corrected chi connectivity index (χ0v) is 20.0. The quantitative estimate of drug-likeness (QED) is 0.248. The summed E-state index contributed by atoms with van der Waals surface area (Å²) >= 11 is 1.87. The molecule has 0 aliphatic rings. The van der Waals surface area contributed by atoms with Gasteiger partial charge in [0.1, 0.15) is 11.1 Å². The van der Waals surface area contributed by atoms with E-state index in [-0.39, 0.29) is 0 Å². The van der Waals surface area contributed by atoms with Crippen LogP contribution in [0.4, 0.5) is 0 Å². The largest absolute Gasteiger partial charge is 0.454 e. The molecule has 3 heterocycles. The van der Waals surface area contributed by atoms with Gasteiger partial charge in [-0.25, -0.2) is 4.98 Å². The van der Waals surface area contributed by atoms with Crippen LogP contribution in [0.3, 0.4) is 0 Å². The summed E-state index contributed by atoms with van der Waals surface area (Å²) in [6.07, 6.45) is 0. The first kappa shape index (κ1) is 19.8. The molecule has 0 bridgehead atoms. The number of thiophene rings is 1. The lowest BCUT2D eigenvalue weighted by Crippen LogP contribution is -1.84. The summed E-state index contributed by atoms with van der Waals surface area (Å²) in [6.45, 7) is 0. The molecule has 8 aromatic rings. The second-order valence-corrected chi connectivity index (χ2v) is 10.3. The van der Waals surface area contributed by atoms with Gasteiger partial charge in [0.25, 0.3) is 0 Å². The van der Waals surface area contributed by atoms with Crippen LogP contribution in [0, 0.1) is 0 Å². The first-order valence-electron chi connectivity index (χ1n) is 12.0. The van der Waals surface area contributed by atoms with Crippen LogP contribution in [0.1, 0.15) is 0 Å². The fourth-order valence-corrected chi connectivity index (χ4v) is 6.53. The van der Waals surface area contributed by atoms with Gasteiger partial charge in [-0.3, -0.25) is 0 Å². The van der Waals surface area contributed by atoms with Gasteiger partial charge >= 0.3 is 0 Å². The smallest absolute Gasteiger partial charge is 0.154 e. The monoisotopic (exact) mass is 477 g/mol. The summed E-state index contributed by atoms with van der Waals surface area (Å²) in [5.41, 5.74) is 8.49. The van der Waals surface area contributed by atoms with Crippen molar-refractivity contribution in [2.75, 3.05) is 0 Å². The molecule has 168 valence electrons. The van der Waals surface area contributed by atoms with Crippen LogP contribution in [0.2, 0.25) is 0 Å². The number of hydrogen-bond acceptors (Lipinski definition) is 3. The normalized spacial score (nSPS) is 11.9. The van der Waals surface area contributed by atoms with Crippen LogP contribution in [-0.4, -0.2) is 4.98 Å². The summed E-state index contributed by atoms with van der Waals surface area (Å²) in [7, 11) is 0. The van der Waals surface area contributed by atoms with Crippen molar-refractivity contribution in [1.29, 1.82) is 0 Å². The van der Waals surface area contributed by atoms with Gasteiger partial charge in [-0.2, -0.15) is 0 Å². The minimum Gasteiger partial charge on any atom is -0.454 e. The maximum absolute atomic E-state index is 6.07. The summed E-state index contributed by atoms with van der Waals surface area (Å²) in [6, 6.07) is 40.9. The zero-order chi connectivity index (χ0) is 23.6. The van der Waals surface area contributed by atoms with Crippen molar-refractivity contribution in [2.24, 2.45) is 0 Å². The second kappa shape index (κ2) is 7.51. The number of furan rings is 1. The van der Waals surface area contributed by atoms with Crippen molar-refractivity contribution in [3.63, 3.8) is 0 Å². The number of pyridine rings is 1. The van der Waals surface area contributed by atoms with Crippen molar-refractivity contribution in [2.45, 2.75) is 0 Å². The van der Waals surface area contributed by atoms with E-state index < -0.39 is 0 Å². The molecule has 0 spiro atoms. The molecule has 0 amide bonds. The number of para-hydroxylation sites is 1. The SMILES string of the molecule is c1ccc2c(c1)oc1cc3cc(-c4ccc(-c5cccc6c5sc5ccccc56)cc4)ccc3nc12. The standard InChI is InChI=1S/C33H19NOS/c1-3-10-29-27(7-1)32-30(35-29)19-23-18-22(16-17-28(23)34-32)20-12-14-21(15-13-20)24-8-5-9-26-25-6-2-4-11-31(25)36-33(24)26/h1-19H. The van der Waals surface area contributed by atoms with Gasteiger partial charge in [0.15, 0.2) is 5.58 Å². The Kier molecular flexibility index (Phi) is 4.13. The zero-order valence-electron chi connectivity index (χ0n) is 19.2. The van der Waals surface area contributed by atoms with E-state index in [1.54, 1.807) is 0 Å². The van der Waals surface area contributed by atoms with E-state index in [2.05, 4.69) is 97.1 Å². The van der Waals surface area contributed by atoms with Crippen LogP contribution in [0.5, 0.6) is 0 Å². The van der Waals surface area contributed by atoms with Crippen molar-refractivity contribution < 1.29 is 4.42 Å². The molecule has 0 radical (unpaired) electrons. The predicted molar refractivity (Wildman–Crippen MR) is 153 cm³/mol. The lowest BCUT2D eigenvalue weighted by atomic mass is 9.98. The molecule has 3 aromatic heterocycles. The first-order valence-corrected chi connectivity index (χ1v) is 12.9. The molecule has 0 N–H and O–H groups in total. The number of nitrogens with zero attached hydrogens (tertiary/aromatic N) is 1. The summed E-state index contributed by atoms with van der Waals surface area (Å²) in [4.78, 5) is 4.91. The molecule has 0 saturated carbocycles. The van der Waals surface area contributed by atoms with E-state index >= 15 is 0 Å². The second-order valence-electron chi connectivity index (χ2n) is 9.20. The summed E-state index contributed by atoms with van der Waals surface area (Å²) in [5, 5.41) is 4.80. The molecule has 0 aliphatic carbocycles. The molecule has 0 aliphatic heterocycles. The highest BCUT2D eigenvalue weighted by Gasteiger charge is 2.12. The Morgan fingerprint density at radius 2 is 1.31 bits per heavy atom. The molecule has 0 fully saturated rings. The molecule has 5 aromatic carbocycles. The molecular formula is C33H19NOS. The molecule has 0 atom stereocenters. The summed E-state index contributed by atoms with van der Waals surface area (Å²) in [5.74, 6) is 0. The number of aromatic nitrogens is 1. The van der Waals surface area contributed by atoms with Crippen molar-refractivity contribution in [3.05, 3.63) is 115 Å². The number of rotatable bonds is 2. The fraction of sp³-hybridized carbons (Fsp3) is 0. The molecule has 8 rings (SSSR count). The maximum atomic E-state index is 6.07. The molecule has 0 unspecified atom stereocenters. The first-order chi connectivity index (χ1) is 17.8. The minimum atomic E-state index is 0.827. The molecular weight excluding hydrogens is 458 g/mol. The highest BCUT2D eigenvalue weighted by atomic mass is 32.1. The van der Waals surface area contributed by atoms with Gasteiger partial charge in [-0.1, -0.05) is 78.9 Å². The van der Waals surface area contributed by atoms with Crippen LogP contribution in [0.15, 0.2) is 120 Å². The van der Waals surface area contributed by atoms with Gasteiger partial charge < -0.3 is 4.42 Å². The van der Waals surface area contributed by atoms with Gasteiger partial charge in [0.05, 0.1) is 5.52 Å². The molecule has 3 heteroatoms. The van der Waals surface area contributed by atoms with Crippen molar-refractivity contribution in [1.82, 2.24) is 4.98 Å². The van der Waals surface area contributed by atoms with Gasteiger partial charge in [-0.05, 0) is 58.7 Å². The Morgan fingerprint density at radius 3 is 2.22 bits per heavy atom. The van der Waals surface area contributed by atoms with E-state index in [1.807, 2.05) is 29.5 Å². The molecule has 0 saturated heterocycles. The topological polar surface area (TPSA) is 26.0 Å². The van der Waals surface area contributed by atoms with Gasteiger partial charge in [-0.15, -0.1) is 11.3 Å². The lowest BCUT2D eigenvalue weighted by molar-refractivity contribution is 0.669. The van der Waals surface area contributed by atoms with Crippen molar-refractivity contribution >= 4 is 64.5 Å². The highest BCUT2D eigenvalue weighted by molar-refractivity contribution is 7.26. The number of hydrogen-bond donors (Lipinski definition) is 0. The number of fused-ring (bicyclic) bond motifs is 7. The van der Waals surface area contributed by atoms with Crippen LogP contribution in [0.25, 0.3) is 75.4 Å². The fourth-order valence-electron chi connectivity index (χ4n) is 5.29. The average molecular weight is 478 g/mol. The average Bonchev–Trinajstić information content (AvgIpc) is 3.49. The summed E-state index contributed by atoms with van der Waals surface area (Å²) < 4.78 is 8.74. The Morgan fingerprint density at radius 1 is 0.556 bits per heavy atom. The van der Waals surface area contributed by atoms with Gasteiger partial charge in [0.2, 0.25) is 0 Å². The third-order valence-corrected chi connectivity index (χ3v) is 8.30. The van der Waals surface area contributed by atoms with Crippen LogP contribution < -0.4 is 0 Å². The van der Waals surface area contributed by atoms with E-state index in [1.165, 1.54) is 42.4 Å². The van der Waals surface area contributed by atoms with E-state index in [9.17, 15) is 0 Å². The lowest BCUT2D eigenvalue weighted by Gasteiger charge is -2.07. The van der Waals surface area contributed by atoms with Gasteiger partial charge in [0, 0.05) is 30.9 Å². The third kappa shape index (κ3) is 2.93. The Hall–Kier alpha value is -4.47. The molecule has 36 heavy (non-hydrogen) atoms. The van der Waals surface area contributed by atoms with Crippen LogP contribution in [-0.2, 0) is 0 Å². The number of benzene rings is 5. The van der Waals surface area contributed by atoms with E-state index in [0.29, 0.717) is 0 Å². The van der Waals surface area contributed by atoms with E-state index in [4.69, 9.17) is 9.40 Å². The minimum absolute atomic E-state index is 0.827. The van der Waals surface area contributed by atoms with E-state index in [0.717, 1.165) is 33.0 Å². The Bertz CT molecular complexity index is 2100. The van der Waals surface area contributed by atoms with Crippen molar-refractivity contribution in [3.8, 4) is 22.3 Å². The third-order valence-electron chi connectivity index (χ3n) is 7.08. The highest BCUT2D eigenvalue weighted by Crippen LogP contribution is 2.40. The predicted octanol–water partition coefficient (Wildman–Crippen LogP) is 9.84. The van der Waals surface area contributed by atoms with Crippen LogP contribution >= 0.6 is 11.3 Å². The Labute approximate surface area is 211 Å². The Balaban J connectivity index is 1.21. The maximum Gasteiger partial charge on any atom is 0.154 e. The molecule has 2 nitrogen and oxygen atoms in total.